The highest BCUT2D eigenvalue weighted by molar-refractivity contribution is 7.17. The number of hydrazone groups is 1. The third kappa shape index (κ3) is 3.39. The van der Waals surface area contributed by atoms with Gasteiger partial charge in [0, 0.05) is 15.1 Å². The van der Waals surface area contributed by atoms with Crippen LogP contribution in [-0.4, -0.2) is 12.1 Å². The second kappa shape index (κ2) is 5.44. The summed E-state index contributed by atoms with van der Waals surface area (Å²) in [5, 5.41) is 5.68. The van der Waals surface area contributed by atoms with Crippen molar-refractivity contribution in [1.29, 1.82) is 0 Å². The second-order valence-corrected chi connectivity index (χ2v) is 6.15. The largest absolute Gasteiger partial charge is 0.272 e. The molecule has 1 N–H and O–H groups in total. The van der Waals surface area contributed by atoms with Crippen molar-refractivity contribution in [2.24, 2.45) is 5.10 Å². The summed E-state index contributed by atoms with van der Waals surface area (Å²) in [5.41, 5.74) is 3.10. The van der Waals surface area contributed by atoms with E-state index in [2.05, 4.69) is 10.5 Å². The van der Waals surface area contributed by atoms with Crippen molar-refractivity contribution in [1.82, 2.24) is 5.43 Å². The maximum absolute atomic E-state index is 11.6. The molecular weight excluding hydrogens is 276 g/mol. The first kappa shape index (κ1) is 12.3. The van der Waals surface area contributed by atoms with Gasteiger partial charge in [-0.2, -0.15) is 5.10 Å². The van der Waals surface area contributed by atoms with E-state index in [-0.39, 0.29) is 5.91 Å². The van der Waals surface area contributed by atoms with Crippen molar-refractivity contribution in [2.45, 2.75) is 6.92 Å². The summed E-state index contributed by atoms with van der Waals surface area (Å²) in [4.78, 5) is 13.6. The lowest BCUT2D eigenvalue weighted by Gasteiger charge is -1.94. The van der Waals surface area contributed by atoms with Crippen LogP contribution in [0.3, 0.4) is 0 Å². The Morgan fingerprint density at radius 2 is 2.35 bits per heavy atom. The number of amides is 1. The second-order valence-electron chi connectivity index (χ2n) is 3.29. The van der Waals surface area contributed by atoms with Crippen LogP contribution in [0.15, 0.2) is 28.7 Å². The molecule has 0 saturated heterocycles. The molecule has 2 rings (SSSR count). The Labute approximate surface area is 112 Å². The Morgan fingerprint density at radius 3 is 2.94 bits per heavy atom. The average Bonchev–Trinajstić information content (AvgIpc) is 2.88. The number of halogens is 1. The van der Waals surface area contributed by atoms with Gasteiger partial charge < -0.3 is 0 Å². The number of hydrogen-bond acceptors (Lipinski definition) is 4. The SMILES string of the molecule is Cc1cc(C(=O)NN=Cc2ccc(Cl)s2)cs1. The fourth-order valence-corrected chi connectivity index (χ4v) is 2.80. The van der Waals surface area contributed by atoms with Gasteiger partial charge in [-0.3, -0.25) is 4.79 Å². The van der Waals surface area contributed by atoms with Crippen molar-refractivity contribution >= 4 is 46.4 Å². The molecule has 2 heterocycles. The predicted molar refractivity (Wildman–Crippen MR) is 73.4 cm³/mol. The van der Waals surface area contributed by atoms with Gasteiger partial charge in [-0.1, -0.05) is 11.6 Å². The Balaban J connectivity index is 1.94. The zero-order chi connectivity index (χ0) is 12.3. The Hall–Kier alpha value is -1.17. The molecule has 0 saturated carbocycles. The standard InChI is InChI=1S/C11H9ClN2OS2/c1-7-4-8(6-16-7)11(15)14-13-5-9-2-3-10(12)17-9/h2-6H,1H3,(H,14,15). The van der Waals surface area contributed by atoms with Crippen LogP contribution < -0.4 is 5.43 Å². The van der Waals surface area contributed by atoms with E-state index < -0.39 is 0 Å². The van der Waals surface area contributed by atoms with Gasteiger partial charge >= 0.3 is 0 Å². The fourth-order valence-electron chi connectivity index (χ4n) is 1.18. The van der Waals surface area contributed by atoms with Crippen molar-refractivity contribution in [3.8, 4) is 0 Å². The number of hydrogen-bond donors (Lipinski definition) is 1. The molecule has 0 aliphatic rings. The summed E-state index contributed by atoms with van der Waals surface area (Å²) in [6.45, 7) is 1.96. The monoisotopic (exact) mass is 284 g/mol. The maximum atomic E-state index is 11.6. The van der Waals surface area contributed by atoms with Gasteiger partial charge in [-0.25, -0.2) is 5.43 Å². The van der Waals surface area contributed by atoms with Crippen LogP contribution in [0.2, 0.25) is 4.34 Å². The van der Waals surface area contributed by atoms with E-state index in [1.165, 1.54) is 22.7 Å². The van der Waals surface area contributed by atoms with Gasteiger partial charge in [0.2, 0.25) is 0 Å². The summed E-state index contributed by atoms with van der Waals surface area (Å²) in [6, 6.07) is 5.46. The van der Waals surface area contributed by atoms with Gasteiger partial charge in [0.15, 0.2) is 0 Å². The van der Waals surface area contributed by atoms with E-state index in [1.54, 1.807) is 12.3 Å². The summed E-state index contributed by atoms with van der Waals surface area (Å²) in [6.07, 6.45) is 1.58. The smallest absolute Gasteiger partial charge is 0.267 e. The molecule has 17 heavy (non-hydrogen) atoms. The molecular formula is C11H9ClN2OS2. The minimum Gasteiger partial charge on any atom is -0.267 e. The first-order chi connectivity index (χ1) is 8.15. The first-order valence-corrected chi connectivity index (χ1v) is 6.86. The summed E-state index contributed by atoms with van der Waals surface area (Å²) < 4.78 is 0.700. The molecule has 0 aromatic carbocycles. The van der Waals surface area contributed by atoms with E-state index in [9.17, 15) is 4.79 Å². The number of nitrogens with one attached hydrogen (secondary N) is 1. The van der Waals surface area contributed by atoms with Crippen LogP contribution in [0.4, 0.5) is 0 Å². The third-order valence-electron chi connectivity index (χ3n) is 1.94. The van der Waals surface area contributed by atoms with Crippen molar-refractivity contribution in [3.63, 3.8) is 0 Å². The number of carbonyl (C=O) groups excluding carboxylic acids is 1. The lowest BCUT2D eigenvalue weighted by atomic mass is 10.3. The van der Waals surface area contributed by atoms with Crippen LogP contribution in [-0.2, 0) is 0 Å². The number of carbonyl (C=O) groups is 1. The lowest BCUT2D eigenvalue weighted by molar-refractivity contribution is 0.0955. The molecule has 1 amide bonds. The molecule has 3 nitrogen and oxygen atoms in total. The van der Waals surface area contributed by atoms with Gasteiger partial charge in [0.05, 0.1) is 16.1 Å². The molecule has 6 heteroatoms. The molecule has 0 aliphatic carbocycles. The molecule has 0 aliphatic heterocycles. The van der Waals surface area contributed by atoms with Crippen LogP contribution in [0.25, 0.3) is 0 Å². The quantitative estimate of drug-likeness (QED) is 0.680. The van der Waals surface area contributed by atoms with Crippen LogP contribution in [0.5, 0.6) is 0 Å². The Morgan fingerprint density at radius 1 is 1.53 bits per heavy atom. The highest BCUT2D eigenvalue weighted by atomic mass is 35.5. The maximum Gasteiger partial charge on any atom is 0.272 e. The van der Waals surface area contributed by atoms with E-state index in [0.717, 1.165) is 9.75 Å². The van der Waals surface area contributed by atoms with Gasteiger partial charge in [-0.15, -0.1) is 22.7 Å². The molecule has 2 aromatic rings. The summed E-state index contributed by atoms with van der Waals surface area (Å²) >= 11 is 8.72. The van der Waals surface area contributed by atoms with Crippen LogP contribution >= 0.6 is 34.3 Å². The molecule has 0 bridgehead atoms. The van der Waals surface area contributed by atoms with Gasteiger partial charge in [-0.05, 0) is 25.1 Å². The number of thiophene rings is 2. The first-order valence-electron chi connectivity index (χ1n) is 4.79. The molecule has 0 radical (unpaired) electrons. The van der Waals surface area contributed by atoms with E-state index in [4.69, 9.17) is 11.6 Å². The topological polar surface area (TPSA) is 41.5 Å². The van der Waals surface area contributed by atoms with Crippen LogP contribution in [0, 0.1) is 6.92 Å². The van der Waals surface area contributed by atoms with E-state index >= 15 is 0 Å². The van der Waals surface area contributed by atoms with Crippen molar-refractivity contribution in [3.05, 3.63) is 43.2 Å². The van der Waals surface area contributed by atoms with E-state index in [1.807, 2.05) is 24.4 Å². The van der Waals surface area contributed by atoms with E-state index in [0.29, 0.717) is 9.90 Å². The minimum atomic E-state index is -0.201. The third-order valence-corrected chi connectivity index (χ3v) is 3.97. The van der Waals surface area contributed by atoms with Crippen molar-refractivity contribution < 1.29 is 4.79 Å². The van der Waals surface area contributed by atoms with Gasteiger partial charge in [0.1, 0.15) is 0 Å². The zero-order valence-electron chi connectivity index (χ0n) is 8.94. The number of aryl methyl sites for hydroxylation is 1. The molecule has 0 fully saturated rings. The normalized spacial score (nSPS) is 10.9. The van der Waals surface area contributed by atoms with Gasteiger partial charge in [0.25, 0.3) is 5.91 Å². The minimum absolute atomic E-state index is 0.201. The number of nitrogens with zero attached hydrogens (tertiary/aromatic N) is 1. The summed E-state index contributed by atoms with van der Waals surface area (Å²) in [5.74, 6) is -0.201. The highest BCUT2D eigenvalue weighted by Crippen LogP contribution is 2.19. The lowest BCUT2D eigenvalue weighted by Crippen LogP contribution is -2.16. The van der Waals surface area contributed by atoms with Crippen molar-refractivity contribution in [2.75, 3.05) is 0 Å². The zero-order valence-corrected chi connectivity index (χ0v) is 11.3. The van der Waals surface area contributed by atoms with Crippen LogP contribution in [0.1, 0.15) is 20.1 Å². The molecule has 2 aromatic heterocycles. The Kier molecular flexibility index (Phi) is 3.93. The number of rotatable bonds is 3. The summed E-state index contributed by atoms with van der Waals surface area (Å²) in [7, 11) is 0. The Bertz CT molecular complexity index is 559. The molecule has 0 unspecified atom stereocenters. The average molecular weight is 285 g/mol. The molecule has 0 atom stereocenters. The fraction of sp³-hybridized carbons (Fsp3) is 0.0909. The predicted octanol–water partition coefficient (Wildman–Crippen LogP) is 3.54. The molecule has 0 spiro atoms. The molecule has 88 valence electrons. The highest BCUT2D eigenvalue weighted by Gasteiger charge is 2.05.